The number of rotatable bonds is 3. The summed E-state index contributed by atoms with van der Waals surface area (Å²) in [6.07, 6.45) is 3.57. The molecule has 30 heavy (non-hydrogen) atoms. The van der Waals surface area contributed by atoms with Gasteiger partial charge >= 0.3 is 0 Å². The average Bonchev–Trinajstić information content (AvgIpc) is 3.11. The first-order valence-corrected chi connectivity index (χ1v) is 10.1. The predicted molar refractivity (Wildman–Crippen MR) is 121 cm³/mol. The Kier molecular flexibility index (Phi) is 5.46. The maximum atomic E-state index is 12.2. The van der Waals surface area contributed by atoms with Crippen LogP contribution in [0.4, 0.5) is 5.69 Å². The Labute approximate surface area is 184 Å². The number of para-hydroxylation sites is 1. The maximum Gasteiger partial charge on any atom is 0.184 e. The number of fused-ring (bicyclic) bond motifs is 1. The molecule has 150 valence electrons. The van der Waals surface area contributed by atoms with Gasteiger partial charge in [0.25, 0.3) is 0 Å². The topological polar surface area (TPSA) is 54.9 Å². The van der Waals surface area contributed by atoms with Crippen molar-refractivity contribution in [1.29, 1.82) is 0 Å². The molecule has 0 bridgehead atoms. The van der Waals surface area contributed by atoms with E-state index in [1.165, 1.54) is 0 Å². The summed E-state index contributed by atoms with van der Waals surface area (Å²) in [7, 11) is 0. The molecule has 0 unspecified atom stereocenters. The van der Waals surface area contributed by atoms with E-state index >= 15 is 0 Å². The first-order valence-electron chi connectivity index (χ1n) is 9.35. The fourth-order valence-corrected chi connectivity index (χ4v) is 3.99. The Morgan fingerprint density at radius 1 is 0.933 bits per heavy atom. The molecule has 1 aliphatic carbocycles. The van der Waals surface area contributed by atoms with Crippen LogP contribution < -0.4 is 0 Å². The summed E-state index contributed by atoms with van der Waals surface area (Å²) in [6, 6.07) is 13.2. The van der Waals surface area contributed by atoms with Gasteiger partial charge in [0.2, 0.25) is 0 Å². The summed E-state index contributed by atoms with van der Waals surface area (Å²) in [5.74, 6) is 0.543. The summed E-state index contributed by atoms with van der Waals surface area (Å²) in [6.45, 7) is 5.46. The van der Waals surface area contributed by atoms with Crippen molar-refractivity contribution in [2.24, 2.45) is 10.2 Å². The van der Waals surface area contributed by atoms with Gasteiger partial charge in [0.1, 0.15) is 17.0 Å². The van der Waals surface area contributed by atoms with Crippen LogP contribution >= 0.6 is 23.2 Å². The van der Waals surface area contributed by atoms with Gasteiger partial charge in [-0.15, -0.1) is 10.2 Å². The number of ketones is 1. The molecule has 0 spiro atoms. The Balaban J connectivity index is 1.91. The van der Waals surface area contributed by atoms with Crippen molar-refractivity contribution >= 4 is 51.3 Å². The van der Waals surface area contributed by atoms with Crippen LogP contribution in [0.5, 0.6) is 0 Å². The van der Waals surface area contributed by atoms with Gasteiger partial charge < -0.3 is 4.42 Å². The van der Waals surface area contributed by atoms with Gasteiger partial charge in [0, 0.05) is 11.0 Å². The van der Waals surface area contributed by atoms with Crippen LogP contribution in [-0.4, -0.2) is 5.78 Å². The molecule has 0 N–H and O–H groups in total. The Morgan fingerprint density at radius 3 is 2.20 bits per heavy atom. The number of furan rings is 1. The van der Waals surface area contributed by atoms with E-state index in [1.807, 2.05) is 37.3 Å². The first-order chi connectivity index (χ1) is 14.3. The number of hydrogen-bond acceptors (Lipinski definition) is 4. The predicted octanol–water partition coefficient (Wildman–Crippen LogP) is 8.02. The van der Waals surface area contributed by atoms with E-state index in [0.717, 1.165) is 22.1 Å². The van der Waals surface area contributed by atoms with E-state index in [9.17, 15) is 4.79 Å². The number of carbonyl (C=O) groups excluding carboxylic acids is 1. The zero-order chi connectivity index (χ0) is 21.4. The van der Waals surface area contributed by atoms with Crippen LogP contribution in [0.15, 0.2) is 86.0 Å². The third-order valence-electron chi connectivity index (χ3n) is 4.80. The minimum atomic E-state index is 0.00395. The van der Waals surface area contributed by atoms with Gasteiger partial charge in [0.15, 0.2) is 11.5 Å². The normalized spacial score (nSPS) is 14.4. The minimum Gasteiger partial charge on any atom is -0.454 e. The van der Waals surface area contributed by atoms with Gasteiger partial charge in [-0.05, 0) is 73.9 Å². The fraction of sp³-hybridized carbons (Fsp3) is 0.125. The fourth-order valence-electron chi connectivity index (χ4n) is 3.32. The van der Waals surface area contributed by atoms with E-state index in [0.29, 0.717) is 38.3 Å². The quantitative estimate of drug-likeness (QED) is 0.390. The lowest BCUT2D eigenvalue weighted by Gasteiger charge is -2.11. The summed E-state index contributed by atoms with van der Waals surface area (Å²) in [5.41, 5.74) is 4.52. The highest BCUT2D eigenvalue weighted by Crippen LogP contribution is 2.37. The van der Waals surface area contributed by atoms with Crippen molar-refractivity contribution < 1.29 is 9.21 Å². The van der Waals surface area contributed by atoms with Crippen molar-refractivity contribution in [1.82, 2.24) is 0 Å². The number of halogens is 2. The summed E-state index contributed by atoms with van der Waals surface area (Å²) in [5, 5.41) is 10.6. The molecular formula is C24H18Cl2N2O2. The van der Waals surface area contributed by atoms with E-state index in [2.05, 4.69) is 10.2 Å². The number of benzene rings is 2. The van der Waals surface area contributed by atoms with Crippen molar-refractivity contribution in [3.63, 3.8) is 0 Å². The second-order valence-corrected chi connectivity index (χ2v) is 8.03. The van der Waals surface area contributed by atoms with Gasteiger partial charge in [-0.25, -0.2) is 0 Å². The van der Waals surface area contributed by atoms with Gasteiger partial charge in [-0.3, -0.25) is 4.79 Å². The number of Topliss-reactive ketones (excluding diaryl/α,β-unsaturated/α-hetero) is 1. The van der Waals surface area contributed by atoms with Crippen LogP contribution in [0.3, 0.4) is 0 Å². The van der Waals surface area contributed by atoms with Gasteiger partial charge in [0.05, 0.1) is 10.0 Å². The monoisotopic (exact) mass is 436 g/mol. The molecule has 1 aromatic heterocycles. The number of carbonyl (C=O) groups is 1. The zero-order valence-corrected chi connectivity index (χ0v) is 18.2. The van der Waals surface area contributed by atoms with Crippen molar-refractivity contribution in [2.75, 3.05) is 0 Å². The summed E-state index contributed by atoms with van der Waals surface area (Å²) < 4.78 is 6.03. The molecule has 1 aliphatic rings. The molecular weight excluding hydrogens is 419 g/mol. The Bertz CT molecular complexity index is 1230. The lowest BCUT2D eigenvalue weighted by Crippen LogP contribution is -2.06. The highest BCUT2D eigenvalue weighted by Gasteiger charge is 2.19. The van der Waals surface area contributed by atoms with Gasteiger partial charge in [-0.2, -0.15) is 0 Å². The van der Waals surface area contributed by atoms with Crippen molar-refractivity contribution in [2.45, 2.75) is 20.8 Å². The molecule has 0 radical (unpaired) electrons. The van der Waals surface area contributed by atoms with Crippen LogP contribution in [0.2, 0.25) is 10.0 Å². The molecule has 0 saturated carbocycles. The molecule has 3 aromatic rings. The average molecular weight is 437 g/mol. The molecule has 6 heteroatoms. The van der Waals surface area contributed by atoms with E-state index < -0.39 is 0 Å². The van der Waals surface area contributed by atoms with Crippen molar-refractivity contribution in [3.8, 4) is 0 Å². The summed E-state index contributed by atoms with van der Waals surface area (Å²) >= 11 is 12.7. The lowest BCUT2D eigenvalue weighted by atomic mass is 9.94. The highest BCUT2D eigenvalue weighted by molar-refractivity contribution is 6.38. The third kappa shape index (κ3) is 3.89. The first kappa shape index (κ1) is 20.3. The summed E-state index contributed by atoms with van der Waals surface area (Å²) in [4.78, 5) is 12.2. The zero-order valence-electron chi connectivity index (χ0n) is 16.7. The second kappa shape index (κ2) is 8.05. The van der Waals surface area contributed by atoms with Crippen LogP contribution in [-0.2, 0) is 4.79 Å². The molecule has 0 amide bonds. The maximum absolute atomic E-state index is 12.2. The van der Waals surface area contributed by atoms with Gasteiger partial charge in [-0.1, -0.05) is 41.4 Å². The molecule has 4 nitrogen and oxygen atoms in total. The third-order valence-corrected chi connectivity index (χ3v) is 5.38. The Morgan fingerprint density at radius 2 is 1.57 bits per heavy atom. The lowest BCUT2D eigenvalue weighted by molar-refractivity contribution is -0.112. The smallest absolute Gasteiger partial charge is 0.184 e. The second-order valence-electron chi connectivity index (χ2n) is 7.21. The number of nitrogens with zero attached hydrogens (tertiary/aromatic N) is 2. The van der Waals surface area contributed by atoms with Crippen molar-refractivity contribution in [3.05, 3.63) is 92.7 Å². The number of azo groups is 1. The molecule has 1 heterocycles. The largest absolute Gasteiger partial charge is 0.454 e. The van der Waals surface area contributed by atoms with E-state index in [-0.39, 0.29) is 5.78 Å². The highest BCUT2D eigenvalue weighted by atomic mass is 35.5. The van der Waals surface area contributed by atoms with Crippen LogP contribution in [0.25, 0.3) is 16.7 Å². The van der Waals surface area contributed by atoms with Crippen LogP contribution in [0, 0.1) is 6.92 Å². The molecule has 0 saturated heterocycles. The standard InChI is InChI=1S/C24H18Cl2N2O2/c1-13-8-18(25)23(19(26)9-13)28-27-22(17-10-14(2)24(29)15(3)11-17)21-12-16-6-4-5-7-20(16)30-21/h4-12H,1-3H3. The van der Waals surface area contributed by atoms with E-state index in [4.69, 9.17) is 27.6 Å². The molecule has 2 aromatic carbocycles. The number of allylic oxidation sites excluding steroid dienone is 5. The van der Waals surface area contributed by atoms with E-state index in [1.54, 1.807) is 38.1 Å². The molecule has 0 atom stereocenters. The number of aryl methyl sites for hydroxylation is 1. The SMILES string of the molecule is CC1=CC(=C(N=Nc2c(Cl)cc(C)cc2Cl)c2cc3ccccc3o2)C=C(C)C1=O. The number of hydrogen-bond donors (Lipinski definition) is 0. The van der Waals surface area contributed by atoms with Crippen LogP contribution in [0.1, 0.15) is 25.2 Å². The molecule has 0 aliphatic heterocycles. The molecule has 0 fully saturated rings. The molecule has 4 rings (SSSR count). The Hall–Kier alpha value is -2.95. The minimum absolute atomic E-state index is 0.00395.